The lowest BCUT2D eigenvalue weighted by molar-refractivity contribution is -0.178. The molecule has 2 heterocycles. The molecule has 1 aromatic rings. The molecule has 0 radical (unpaired) electrons. The normalized spacial score (nSPS) is 28.0. The van der Waals surface area contributed by atoms with Crippen LogP contribution in [-0.2, 0) is 46.4 Å². The van der Waals surface area contributed by atoms with Crippen molar-refractivity contribution >= 4 is 46.9 Å². The number of fused-ring (bicyclic) bond motifs is 4. The summed E-state index contributed by atoms with van der Waals surface area (Å²) in [6, 6.07) is 2.36. The van der Waals surface area contributed by atoms with Gasteiger partial charge in [-0.3, -0.25) is 19.7 Å². The zero-order valence-electron chi connectivity index (χ0n) is 34.3. The van der Waals surface area contributed by atoms with E-state index in [-0.39, 0.29) is 41.9 Å². The Kier molecular flexibility index (Phi) is 16.3. The molecule has 3 rings (SSSR count). The lowest BCUT2D eigenvalue weighted by Crippen LogP contribution is -2.64. The van der Waals surface area contributed by atoms with E-state index < -0.39 is 78.5 Å². The van der Waals surface area contributed by atoms with Crippen molar-refractivity contribution in [2.45, 2.75) is 130 Å². The SMILES string of the molecule is CO[C@@H]1/C=C/C=C(/C)Cc2cc(CO)c(Cl)c(c2)N(C)C(=O)C[C@H](OC(=O)[C@H](C)N(C)C(=O)CCCC(=O)C(C)C)C(C)(C)[C@@H](O)[C@H](C)[C@@H]2C[C@@]1(O)NC(=O)O2. The third kappa shape index (κ3) is 11.2. The highest BCUT2D eigenvalue weighted by atomic mass is 35.5. The number of methoxy groups -OCH3 is 1. The Balaban J connectivity index is 2.09. The first-order valence-electron chi connectivity index (χ1n) is 19.0. The summed E-state index contributed by atoms with van der Waals surface area (Å²) in [6.45, 7) is 11.4. The molecule has 0 spiro atoms. The summed E-state index contributed by atoms with van der Waals surface area (Å²) in [4.78, 5) is 68.6. The summed E-state index contributed by atoms with van der Waals surface area (Å²) < 4.78 is 17.3. The largest absolute Gasteiger partial charge is 0.460 e. The number of benzene rings is 1. The minimum absolute atomic E-state index is 0.0333. The van der Waals surface area contributed by atoms with Crippen LogP contribution in [0.2, 0.25) is 5.02 Å². The number of halogens is 1. The zero-order valence-corrected chi connectivity index (χ0v) is 35.0. The van der Waals surface area contributed by atoms with Gasteiger partial charge in [-0.1, -0.05) is 76.1 Å². The molecule has 3 amide bonds. The number of nitrogens with zero attached hydrogens (tertiary/aromatic N) is 2. The smallest absolute Gasteiger partial charge is 0.409 e. The van der Waals surface area contributed by atoms with Gasteiger partial charge >= 0.3 is 12.1 Å². The van der Waals surface area contributed by atoms with Gasteiger partial charge < -0.3 is 39.3 Å². The molecular formula is C41H60ClN3O11. The molecule has 4 bridgehead atoms. The van der Waals surface area contributed by atoms with Crippen molar-refractivity contribution in [3.05, 3.63) is 52.1 Å². The molecule has 1 saturated heterocycles. The van der Waals surface area contributed by atoms with Crippen LogP contribution in [0.5, 0.6) is 0 Å². The number of aliphatic hydroxyl groups is 3. The first-order valence-corrected chi connectivity index (χ1v) is 19.4. The van der Waals surface area contributed by atoms with E-state index in [9.17, 15) is 39.3 Å². The fourth-order valence-electron chi connectivity index (χ4n) is 7.00. The fourth-order valence-corrected chi connectivity index (χ4v) is 7.30. The summed E-state index contributed by atoms with van der Waals surface area (Å²) in [5, 5.41) is 36.6. The Labute approximate surface area is 335 Å². The number of ketones is 1. The maximum absolute atomic E-state index is 14.2. The van der Waals surface area contributed by atoms with Crippen LogP contribution < -0.4 is 10.2 Å². The minimum atomic E-state index is -1.94. The van der Waals surface area contributed by atoms with Crippen LogP contribution in [0.15, 0.2) is 35.9 Å². The Morgan fingerprint density at radius 2 is 1.82 bits per heavy atom. The van der Waals surface area contributed by atoms with Gasteiger partial charge in [0.2, 0.25) is 11.8 Å². The number of likely N-dealkylation sites (N-methyl/N-ethyl adjacent to an activating group) is 1. The number of carbonyl (C=O) groups is 5. The average molecular weight is 806 g/mol. The van der Waals surface area contributed by atoms with E-state index >= 15 is 0 Å². The summed E-state index contributed by atoms with van der Waals surface area (Å²) in [6.07, 6.45) is -0.292. The lowest BCUT2D eigenvalue weighted by Gasteiger charge is -2.46. The summed E-state index contributed by atoms with van der Waals surface area (Å²) in [5.74, 6) is -2.75. The van der Waals surface area contributed by atoms with Crippen molar-refractivity contribution in [2.75, 3.05) is 26.1 Å². The molecule has 7 atom stereocenters. The second kappa shape index (κ2) is 19.6. The molecule has 1 aromatic carbocycles. The number of amides is 3. The highest BCUT2D eigenvalue weighted by Gasteiger charge is 2.51. The summed E-state index contributed by atoms with van der Waals surface area (Å²) >= 11 is 6.72. The van der Waals surface area contributed by atoms with Gasteiger partial charge in [0.05, 0.1) is 29.8 Å². The number of aliphatic hydroxyl groups excluding tert-OH is 2. The van der Waals surface area contributed by atoms with Crippen molar-refractivity contribution in [3.63, 3.8) is 0 Å². The number of ether oxygens (including phenoxy) is 3. The monoisotopic (exact) mass is 805 g/mol. The quantitative estimate of drug-likeness (QED) is 0.241. The van der Waals surface area contributed by atoms with Gasteiger partial charge in [-0.15, -0.1) is 0 Å². The van der Waals surface area contributed by atoms with Crippen LogP contribution in [0.25, 0.3) is 0 Å². The van der Waals surface area contributed by atoms with Crippen molar-refractivity contribution in [3.8, 4) is 0 Å². The van der Waals surface area contributed by atoms with Gasteiger partial charge in [0.25, 0.3) is 0 Å². The Morgan fingerprint density at radius 3 is 2.43 bits per heavy atom. The number of allylic oxidation sites excluding steroid dienone is 3. The molecule has 2 aliphatic rings. The first-order chi connectivity index (χ1) is 26.1. The minimum Gasteiger partial charge on any atom is -0.460 e. The standard InChI is InChI=1S/C41H60ClN3O11/c1-23(2)30(47)14-12-16-34(48)44(8)26(5)38(51)56-33-20-35(49)45(9)29-19-27(18-28(22-46)36(29)42)17-24(3)13-11-15-32(54-10)41(53)21-31(55-39(52)43-41)25(4)37(50)40(33,6)7/h11,13,15,18-19,23,25-26,31-33,37,46,50,53H,12,14,16-17,20-22H2,1-10H3,(H,43,52)/b15-11+,24-13-/t25-,26+,31+,32-,33+,37+,41+/m1/s1. The number of hydrogen-bond acceptors (Lipinski definition) is 11. The number of Topliss-reactive ketones (excluding diaryl/α,β-unsaturated/α-hetero) is 1. The molecule has 4 N–H and O–H groups in total. The van der Waals surface area contributed by atoms with E-state index in [1.165, 1.54) is 37.9 Å². The predicted octanol–water partition coefficient (Wildman–Crippen LogP) is 4.62. The Bertz CT molecular complexity index is 1680. The molecule has 14 nitrogen and oxygen atoms in total. The van der Waals surface area contributed by atoms with Gasteiger partial charge in [-0.25, -0.2) is 9.59 Å². The third-order valence-corrected chi connectivity index (χ3v) is 11.6. The molecule has 1 fully saturated rings. The number of carbonyl (C=O) groups excluding carboxylic acids is 5. The third-order valence-electron chi connectivity index (χ3n) is 11.1. The van der Waals surface area contributed by atoms with Crippen LogP contribution in [-0.4, -0.2) is 107 Å². The van der Waals surface area contributed by atoms with Gasteiger partial charge in [-0.05, 0) is 43.9 Å². The van der Waals surface area contributed by atoms with E-state index in [1.54, 1.807) is 65.0 Å². The van der Waals surface area contributed by atoms with E-state index in [2.05, 4.69) is 5.32 Å². The Hall–Kier alpha value is -3.82. The number of anilines is 1. The van der Waals surface area contributed by atoms with Crippen molar-refractivity contribution in [1.82, 2.24) is 10.2 Å². The average Bonchev–Trinajstić information content (AvgIpc) is 3.13. The summed E-state index contributed by atoms with van der Waals surface area (Å²) in [7, 11) is 4.34. The van der Waals surface area contributed by atoms with Crippen LogP contribution in [0.4, 0.5) is 10.5 Å². The second-order valence-electron chi connectivity index (χ2n) is 16.0. The van der Waals surface area contributed by atoms with Gasteiger partial charge in [0.15, 0.2) is 5.72 Å². The van der Waals surface area contributed by atoms with E-state index in [0.29, 0.717) is 24.1 Å². The first kappa shape index (κ1) is 46.6. The highest BCUT2D eigenvalue weighted by molar-refractivity contribution is 6.34. The molecule has 15 heteroatoms. The van der Waals surface area contributed by atoms with Crippen LogP contribution >= 0.6 is 11.6 Å². The Morgan fingerprint density at radius 1 is 1.16 bits per heavy atom. The maximum Gasteiger partial charge on any atom is 0.409 e. The predicted molar refractivity (Wildman–Crippen MR) is 211 cm³/mol. The number of rotatable bonds is 10. The summed E-state index contributed by atoms with van der Waals surface area (Å²) in [5.41, 5.74) is -1.05. The zero-order chi connectivity index (χ0) is 42.3. The van der Waals surface area contributed by atoms with Crippen LogP contribution in [0.1, 0.15) is 91.7 Å². The van der Waals surface area contributed by atoms with Gasteiger partial charge in [0, 0.05) is 57.7 Å². The van der Waals surface area contributed by atoms with Crippen LogP contribution in [0, 0.1) is 17.3 Å². The van der Waals surface area contributed by atoms with Crippen LogP contribution in [0.3, 0.4) is 0 Å². The van der Waals surface area contributed by atoms with Gasteiger partial charge in [-0.2, -0.15) is 0 Å². The molecular weight excluding hydrogens is 746 g/mol. The second-order valence-corrected chi connectivity index (χ2v) is 16.4. The molecule has 0 aromatic heterocycles. The van der Waals surface area contributed by atoms with E-state index in [1.807, 2.05) is 6.92 Å². The molecule has 2 aliphatic heterocycles. The topological polar surface area (TPSA) is 192 Å². The van der Waals surface area contributed by atoms with E-state index in [4.69, 9.17) is 25.8 Å². The lowest BCUT2D eigenvalue weighted by atomic mass is 9.72. The molecule has 0 aliphatic carbocycles. The number of esters is 1. The number of alkyl carbamates (subject to hydrolysis) is 1. The molecule has 56 heavy (non-hydrogen) atoms. The highest BCUT2D eigenvalue weighted by Crippen LogP contribution is 2.40. The number of hydrogen-bond donors (Lipinski definition) is 4. The number of nitrogens with one attached hydrogen (secondary N) is 1. The van der Waals surface area contributed by atoms with Crippen molar-refractivity contribution in [1.29, 1.82) is 0 Å². The fraction of sp³-hybridized carbons (Fsp3) is 0.634. The van der Waals surface area contributed by atoms with Crippen molar-refractivity contribution in [2.24, 2.45) is 17.3 Å². The van der Waals surface area contributed by atoms with Crippen molar-refractivity contribution < 1.29 is 53.5 Å². The van der Waals surface area contributed by atoms with E-state index in [0.717, 1.165) is 11.1 Å². The molecule has 312 valence electrons. The molecule has 0 unspecified atom stereocenters. The maximum atomic E-state index is 14.2. The van der Waals surface area contributed by atoms with Gasteiger partial charge in [0.1, 0.15) is 30.1 Å². The molecule has 0 saturated carbocycles.